The fourth-order valence-electron chi connectivity index (χ4n) is 2.90. The van der Waals surface area contributed by atoms with Gasteiger partial charge >= 0.3 is 0 Å². The van der Waals surface area contributed by atoms with Gasteiger partial charge in [-0.15, -0.1) is 0 Å². The lowest BCUT2D eigenvalue weighted by atomic mass is 10.1. The van der Waals surface area contributed by atoms with Crippen molar-refractivity contribution in [1.29, 1.82) is 0 Å². The summed E-state index contributed by atoms with van der Waals surface area (Å²) in [7, 11) is 3.13. The van der Waals surface area contributed by atoms with Crippen molar-refractivity contribution in [3.8, 4) is 17.2 Å². The lowest BCUT2D eigenvalue weighted by Crippen LogP contribution is -2.13. The highest BCUT2D eigenvalue weighted by Crippen LogP contribution is 2.33. The topological polar surface area (TPSA) is 82.8 Å². The van der Waals surface area contributed by atoms with Crippen molar-refractivity contribution in [2.24, 2.45) is 0 Å². The molecule has 0 aliphatic rings. The quantitative estimate of drug-likeness (QED) is 0.635. The maximum atomic E-state index is 12.8. The van der Waals surface area contributed by atoms with Crippen molar-refractivity contribution in [1.82, 2.24) is 5.16 Å². The number of ether oxygens (including phenoxy) is 3. The van der Waals surface area contributed by atoms with Gasteiger partial charge in [0.25, 0.3) is 5.91 Å². The Balaban J connectivity index is 1.74. The van der Waals surface area contributed by atoms with E-state index in [4.69, 9.17) is 18.7 Å². The van der Waals surface area contributed by atoms with Crippen LogP contribution >= 0.6 is 0 Å². The number of hydrogen-bond acceptors (Lipinski definition) is 6. The first-order valence-corrected chi connectivity index (χ1v) is 9.11. The van der Waals surface area contributed by atoms with Crippen LogP contribution in [-0.4, -0.2) is 25.3 Å². The van der Waals surface area contributed by atoms with Gasteiger partial charge in [-0.1, -0.05) is 11.2 Å². The molecule has 0 bridgehead atoms. The molecule has 7 nitrogen and oxygen atoms in total. The summed E-state index contributed by atoms with van der Waals surface area (Å²) in [5.41, 5.74) is 3.69. The fraction of sp³-hybridized carbons (Fsp3) is 0.273. The number of carbonyl (C=O) groups is 1. The van der Waals surface area contributed by atoms with Crippen LogP contribution in [0.2, 0.25) is 0 Å². The van der Waals surface area contributed by atoms with Crippen LogP contribution in [0.5, 0.6) is 17.2 Å². The van der Waals surface area contributed by atoms with Gasteiger partial charge in [-0.2, -0.15) is 0 Å². The number of nitrogens with zero attached hydrogens (tertiary/aromatic N) is 1. The number of amides is 1. The molecule has 1 aromatic heterocycles. The molecular formula is C22H24N2O5. The smallest absolute Gasteiger partial charge is 0.255 e. The highest BCUT2D eigenvalue weighted by molar-refractivity contribution is 6.05. The Morgan fingerprint density at radius 1 is 1.07 bits per heavy atom. The monoisotopic (exact) mass is 396 g/mol. The van der Waals surface area contributed by atoms with Gasteiger partial charge in [-0.05, 0) is 50.6 Å². The number of carbonyl (C=O) groups excluding carboxylic acids is 1. The molecule has 2 aromatic carbocycles. The van der Waals surface area contributed by atoms with Gasteiger partial charge in [0.2, 0.25) is 0 Å². The van der Waals surface area contributed by atoms with Crippen molar-refractivity contribution < 1.29 is 23.5 Å². The van der Waals surface area contributed by atoms with E-state index in [1.54, 1.807) is 44.6 Å². The molecule has 29 heavy (non-hydrogen) atoms. The molecule has 1 heterocycles. The SMILES string of the molecule is COc1cc(C)c(NC(=O)c2cccc(OCc3c(C)noc3C)c2)cc1OC. The largest absolute Gasteiger partial charge is 0.493 e. The lowest BCUT2D eigenvalue weighted by molar-refractivity contribution is 0.102. The first-order valence-electron chi connectivity index (χ1n) is 9.11. The second-order valence-corrected chi connectivity index (χ2v) is 6.60. The van der Waals surface area contributed by atoms with E-state index >= 15 is 0 Å². The first kappa shape index (κ1) is 20.3. The average Bonchev–Trinajstić information content (AvgIpc) is 3.05. The molecule has 152 valence electrons. The van der Waals surface area contributed by atoms with Crippen molar-refractivity contribution in [2.45, 2.75) is 27.4 Å². The summed E-state index contributed by atoms with van der Waals surface area (Å²) in [4.78, 5) is 12.8. The number of hydrogen-bond donors (Lipinski definition) is 1. The van der Waals surface area contributed by atoms with E-state index in [-0.39, 0.29) is 5.91 Å². The second-order valence-electron chi connectivity index (χ2n) is 6.60. The van der Waals surface area contributed by atoms with Gasteiger partial charge in [0.15, 0.2) is 11.5 Å². The molecular weight excluding hydrogens is 372 g/mol. The summed E-state index contributed by atoms with van der Waals surface area (Å²) in [6.45, 7) is 5.92. The van der Waals surface area contributed by atoms with Gasteiger partial charge in [0.05, 0.1) is 25.5 Å². The Bertz CT molecular complexity index is 1010. The Kier molecular flexibility index (Phi) is 6.07. The molecule has 3 rings (SSSR count). The predicted molar refractivity (Wildman–Crippen MR) is 109 cm³/mol. The number of anilines is 1. The predicted octanol–water partition coefficient (Wildman–Crippen LogP) is 4.45. The Morgan fingerprint density at radius 3 is 2.45 bits per heavy atom. The van der Waals surface area contributed by atoms with Crippen molar-refractivity contribution >= 4 is 11.6 Å². The Labute approximate surface area is 169 Å². The normalized spacial score (nSPS) is 10.5. The zero-order valence-corrected chi connectivity index (χ0v) is 17.2. The minimum atomic E-state index is -0.247. The van der Waals surface area contributed by atoms with Crippen LogP contribution < -0.4 is 19.5 Å². The number of rotatable bonds is 7. The zero-order chi connectivity index (χ0) is 21.0. The summed E-state index contributed by atoms with van der Waals surface area (Å²) in [6, 6.07) is 10.6. The van der Waals surface area contributed by atoms with E-state index in [0.29, 0.717) is 35.1 Å². The van der Waals surface area contributed by atoms with Gasteiger partial charge < -0.3 is 24.1 Å². The molecule has 0 radical (unpaired) electrons. The van der Waals surface area contributed by atoms with Crippen LogP contribution in [0.4, 0.5) is 5.69 Å². The van der Waals surface area contributed by atoms with Crippen molar-refractivity contribution in [3.63, 3.8) is 0 Å². The van der Waals surface area contributed by atoms with Gasteiger partial charge in [-0.25, -0.2) is 0 Å². The summed E-state index contributed by atoms with van der Waals surface area (Å²) < 4.78 is 21.6. The van der Waals surface area contributed by atoms with Crippen LogP contribution in [-0.2, 0) is 6.61 Å². The number of benzene rings is 2. The number of aromatic nitrogens is 1. The molecule has 1 amide bonds. The lowest BCUT2D eigenvalue weighted by Gasteiger charge is -2.14. The van der Waals surface area contributed by atoms with Crippen LogP contribution in [0, 0.1) is 20.8 Å². The molecule has 0 atom stereocenters. The minimum absolute atomic E-state index is 0.247. The third-order valence-corrected chi connectivity index (χ3v) is 4.64. The molecule has 3 aromatic rings. The Hall–Kier alpha value is -3.48. The third kappa shape index (κ3) is 4.51. The summed E-state index contributed by atoms with van der Waals surface area (Å²) in [5, 5.41) is 6.83. The molecule has 0 saturated heterocycles. The first-order chi connectivity index (χ1) is 13.9. The highest BCUT2D eigenvalue weighted by Gasteiger charge is 2.14. The van der Waals surface area contributed by atoms with Crippen molar-refractivity contribution in [3.05, 3.63) is 64.5 Å². The number of nitrogens with one attached hydrogen (secondary N) is 1. The van der Waals surface area contributed by atoms with Gasteiger partial charge in [0.1, 0.15) is 18.1 Å². The van der Waals surface area contributed by atoms with Gasteiger partial charge in [-0.3, -0.25) is 4.79 Å². The minimum Gasteiger partial charge on any atom is -0.493 e. The molecule has 0 aliphatic heterocycles. The van der Waals surface area contributed by atoms with E-state index in [0.717, 1.165) is 22.6 Å². The summed E-state index contributed by atoms with van der Waals surface area (Å²) in [6.07, 6.45) is 0. The van der Waals surface area contributed by atoms with Crippen molar-refractivity contribution in [2.75, 3.05) is 19.5 Å². The highest BCUT2D eigenvalue weighted by atomic mass is 16.5. The number of methoxy groups -OCH3 is 2. The fourth-order valence-corrected chi connectivity index (χ4v) is 2.90. The molecule has 0 unspecified atom stereocenters. The van der Waals surface area contributed by atoms with Crippen LogP contribution in [0.15, 0.2) is 40.9 Å². The van der Waals surface area contributed by atoms with Crippen LogP contribution in [0.3, 0.4) is 0 Å². The molecule has 7 heteroatoms. The summed E-state index contributed by atoms with van der Waals surface area (Å²) >= 11 is 0. The maximum absolute atomic E-state index is 12.8. The molecule has 0 aliphatic carbocycles. The second kappa shape index (κ2) is 8.68. The van der Waals surface area contributed by atoms with Gasteiger partial charge in [0, 0.05) is 17.3 Å². The summed E-state index contributed by atoms with van der Waals surface area (Å²) in [5.74, 6) is 2.22. The van der Waals surface area contributed by atoms with E-state index in [1.807, 2.05) is 26.8 Å². The van der Waals surface area contributed by atoms with Crippen LogP contribution in [0.25, 0.3) is 0 Å². The zero-order valence-electron chi connectivity index (χ0n) is 17.2. The van der Waals surface area contributed by atoms with E-state index < -0.39 is 0 Å². The molecule has 0 saturated carbocycles. The van der Waals surface area contributed by atoms with E-state index in [2.05, 4.69) is 10.5 Å². The Morgan fingerprint density at radius 2 is 1.79 bits per heavy atom. The van der Waals surface area contributed by atoms with E-state index in [9.17, 15) is 4.79 Å². The standard InChI is InChI=1S/C22H24N2O5/c1-13-9-20(26-4)21(27-5)11-19(13)23-22(25)16-7-6-8-17(10-16)28-12-18-14(2)24-29-15(18)3/h6-11H,12H2,1-5H3,(H,23,25). The molecule has 0 spiro atoms. The number of aryl methyl sites for hydroxylation is 3. The third-order valence-electron chi connectivity index (χ3n) is 4.64. The molecule has 0 fully saturated rings. The molecule has 1 N–H and O–H groups in total. The average molecular weight is 396 g/mol. The maximum Gasteiger partial charge on any atom is 0.255 e. The van der Waals surface area contributed by atoms with E-state index in [1.165, 1.54) is 0 Å². The van der Waals surface area contributed by atoms with Crippen LogP contribution in [0.1, 0.15) is 32.9 Å².